The van der Waals surface area contributed by atoms with Crippen LogP contribution in [0.1, 0.15) is 0 Å². The Labute approximate surface area is 132 Å². The number of hydrogen-bond donors (Lipinski definition) is 1. The first-order valence-electron chi connectivity index (χ1n) is 5.55. The fourth-order valence-corrected chi connectivity index (χ4v) is 4.07. The summed E-state index contributed by atoms with van der Waals surface area (Å²) in [5.41, 5.74) is 0.510. The lowest BCUT2D eigenvalue weighted by Crippen LogP contribution is -2.14. The molecule has 0 unspecified atom stereocenters. The molecule has 7 heteroatoms. The molecule has 0 saturated heterocycles. The van der Waals surface area contributed by atoms with E-state index in [-0.39, 0.29) is 9.92 Å². The van der Waals surface area contributed by atoms with E-state index >= 15 is 0 Å². The molecule has 0 atom stereocenters. The first-order chi connectivity index (χ1) is 9.44. The van der Waals surface area contributed by atoms with E-state index in [0.717, 1.165) is 4.90 Å². The monoisotopic (exact) mass is 347 g/mol. The zero-order chi connectivity index (χ0) is 14.8. The van der Waals surface area contributed by atoms with E-state index in [1.54, 1.807) is 18.2 Å². The predicted molar refractivity (Wildman–Crippen MR) is 85.5 cm³/mol. The van der Waals surface area contributed by atoms with Crippen molar-refractivity contribution in [3.8, 4) is 0 Å². The number of benzene rings is 2. The second-order valence-electron chi connectivity index (χ2n) is 3.88. The van der Waals surface area contributed by atoms with Gasteiger partial charge in [0.05, 0.1) is 10.7 Å². The summed E-state index contributed by atoms with van der Waals surface area (Å²) in [6.07, 6.45) is 1.87. The van der Waals surface area contributed by atoms with Crippen LogP contribution >= 0.6 is 35.0 Å². The van der Waals surface area contributed by atoms with E-state index in [9.17, 15) is 8.42 Å². The van der Waals surface area contributed by atoms with Crippen molar-refractivity contribution in [2.45, 2.75) is 9.79 Å². The van der Waals surface area contributed by atoms with Gasteiger partial charge >= 0.3 is 0 Å². The molecule has 0 fully saturated rings. The van der Waals surface area contributed by atoms with Crippen molar-refractivity contribution in [2.24, 2.45) is 0 Å². The van der Waals surface area contributed by atoms with Crippen LogP contribution in [0, 0.1) is 0 Å². The van der Waals surface area contributed by atoms with Gasteiger partial charge in [-0.2, -0.15) is 0 Å². The van der Waals surface area contributed by atoms with Crippen molar-refractivity contribution in [1.29, 1.82) is 0 Å². The summed E-state index contributed by atoms with van der Waals surface area (Å²) >= 11 is 13.2. The molecule has 20 heavy (non-hydrogen) atoms. The summed E-state index contributed by atoms with van der Waals surface area (Å²) in [5.74, 6) is 0. The molecular weight excluding hydrogens is 337 g/mol. The maximum atomic E-state index is 12.4. The number of para-hydroxylation sites is 1. The van der Waals surface area contributed by atoms with Gasteiger partial charge in [-0.25, -0.2) is 8.42 Å². The Balaban J connectivity index is 2.43. The highest BCUT2D eigenvalue weighted by Crippen LogP contribution is 2.30. The average molecular weight is 348 g/mol. The molecule has 2 rings (SSSR count). The molecule has 0 aliphatic rings. The largest absolute Gasteiger partial charge is 0.278 e. The van der Waals surface area contributed by atoms with Crippen molar-refractivity contribution < 1.29 is 8.42 Å². The Hall–Kier alpha value is -0.880. The van der Waals surface area contributed by atoms with Gasteiger partial charge < -0.3 is 0 Å². The number of sulfonamides is 1. The number of hydrogen-bond acceptors (Lipinski definition) is 3. The van der Waals surface area contributed by atoms with Crippen molar-refractivity contribution in [3.63, 3.8) is 0 Å². The lowest BCUT2D eigenvalue weighted by Gasteiger charge is -2.12. The van der Waals surface area contributed by atoms with Gasteiger partial charge in [0.15, 0.2) is 0 Å². The highest BCUT2D eigenvalue weighted by molar-refractivity contribution is 7.99. The van der Waals surface area contributed by atoms with E-state index in [0.29, 0.717) is 10.7 Å². The molecule has 1 N–H and O–H groups in total. The van der Waals surface area contributed by atoms with Crippen LogP contribution in [0.4, 0.5) is 5.69 Å². The number of nitrogens with one attached hydrogen (secondary N) is 1. The van der Waals surface area contributed by atoms with E-state index < -0.39 is 10.0 Å². The summed E-state index contributed by atoms with van der Waals surface area (Å²) in [7, 11) is -3.78. The standard InChI is InChI=1S/C13H11Cl2NO2S2/c1-19-12-5-3-2-4-11(12)16-20(17,18)13-8-9(14)6-7-10(13)15/h2-8,16H,1H3. The maximum Gasteiger partial charge on any atom is 0.263 e. The lowest BCUT2D eigenvalue weighted by atomic mass is 10.3. The molecule has 0 aliphatic heterocycles. The van der Waals surface area contributed by atoms with Crippen LogP contribution in [-0.4, -0.2) is 14.7 Å². The average Bonchev–Trinajstić information content (AvgIpc) is 2.41. The fourth-order valence-electron chi connectivity index (χ4n) is 1.61. The quantitative estimate of drug-likeness (QED) is 0.827. The van der Waals surface area contributed by atoms with Gasteiger partial charge in [-0.3, -0.25) is 4.72 Å². The molecule has 0 bridgehead atoms. The topological polar surface area (TPSA) is 46.2 Å². The minimum Gasteiger partial charge on any atom is -0.278 e. The third kappa shape index (κ3) is 3.41. The highest BCUT2D eigenvalue weighted by Gasteiger charge is 2.19. The molecule has 0 spiro atoms. The van der Waals surface area contributed by atoms with Gasteiger partial charge in [0, 0.05) is 9.92 Å². The first-order valence-corrected chi connectivity index (χ1v) is 9.01. The van der Waals surface area contributed by atoms with Gasteiger partial charge in [0.1, 0.15) is 4.90 Å². The molecule has 0 radical (unpaired) electrons. The van der Waals surface area contributed by atoms with E-state index in [4.69, 9.17) is 23.2 Å². The molecule has 0 aromatic heterocycles. The SMILES string of the molecule is CSc1ccccc1NS(=O)(=O)c1cc(Cl)ccc1Cl. The number of thioether (sulfide) groups is 1. The fraction of sp³-hybridized carbons (Fsp3) is 0.0769. The Morgan fingerprint density at radius 2 is 1.80 bits per heavy atom. The smallest absolute Gasteiger partial charge is 0.263 e. The van der Waals surface area contributed by atoms with Crippen LogP contribution in [-0.2, 0) is 10.0 Å². The number of halogens is 2. The summed E-state index contributed by atoms with van der Waals surface area (Å²) in [6.45, 7) is 0. The highest BCUT2D eigenvalue weighted by atomic mass is 35.5. The Morgan fingerprint density at radius 1 is 1.10 bits per heavy atom. The van der Waals surface area contributed by atoms with Gasteiger partial charge in [0.2, 0.25) is 0 Å². The molecule has 0 amide bonds. The molecule has 0 saturated carbocycles. The summed E-state index contributed by atoms with van der Waals surface area (Å²) in [6, 6.07) is 11.5. The van der Waals surface area contributed by atoms with Gasteiger partial charge in [-0.05, 0) is 36.6 Å². The summed E-state index contributed by atoms with van der Waals surface area (Å²) < 4.78 is 27.3. The predicted octanol–water partition coefficient (Wildman–Crippen LogP) is 4.52. The van der Waals surface area contributed by atoms with Crippen LogP contribution in [0.15, 0.2) is 52.3 Å². The van der Waals surface area contributed by atoms with E-state index in [2.05, 4.69) is 4.72 Å². The summed E-state index contributed by atoms with van der Waals surface area (Å²) in [5, 5.41) is 0.441. The molecule has 0 heterocycles. The van der Waals surface area contributed by atoms with Crippen molar-refractivity contribution in [3.05, 3.63) is 52.5 Å². The van der Waals surface area contributed by atoms with Gasteiger partial charge in [-0.1, -0.05) is 35.3 Å². The van der Waals surface area contributed by atoms with E-state index in [1.807, 2.05) is 18.4 Å². The third-order valence-electron chi connectivity index (χ3n) is 2.53. The summed E-state index contributed by atoms with van der Waals surface area (Å²) in [4.78, 5) is 0.789. The van der Waals surface area contributed by atoms with Crippen LogP contribution in [0.5, 0.6) is 0 Å². The Kier molecular flexibility index (Phi) is 4.86. The normalized spacial score (nSPS) is 11.3. The van der Waals surface area contributed by atoms with Crippen molar-refractivity contribution >= 4 is 50.7 Å². The zero-order valence-corrected chi connectivity index (χ0v) is 13.6. The second-order valence-corrected chi connectivity index (χ2v) is 7.22. The van der Waals surface area contributed by atoms with Crippen molar-refractivity contribution in [1.82, 2.24) is 0 Å². The van der Waals surface area contributed by atoms with E-state index in [1.165, 1.54) is 23.9 Å². The maximum absolute atomic E-state index is 12.4. The van der Waals surface area contributed by atoms with Gasteiger partial charge in [0.25, 0.3) is 10.0 Å². The second kappa shape index (κ2) is 6.26. The first kappa shape index (κ1) is 15.5. The Bertz CT molecular complexity index is 733. The molecule has 3 nitrogen and oxygen atoms in total. The minimum absolute atomic E-state index is 0.0393. The zero-order valence-electron chi connectivity index (χ0n) is 10.4. The lowest BCUT2D eigenvalue weighted by molar-refractivity contribution is 0.601. The molecule has 106 valence electrons. The number of anilines is 1. The molecule has 2 aromatic rings. The van der Waals surface area contributed by atoms with Crippen molar-refractivity contribution in [2.75, 3.05) is 11.0 Å². The van der Waals surface area contributed by atoms with Crippen LogP contribution in [0.3, 0.4) is 0 Å². The third-order valence-corrected chi connectivity index (χ3v) is 5.41. The molecule has 2 aromatic carbocycles. The van der Waals surface area contributed by atoms with Crippen LogP contribution in [0.2, 0.25) is 10.0 Å². The molecular formula is C13H11Cl2NO2S2. The molecule has 0 aliphatic carbocycles. The Morgan fingerprint density at radius 3 is 2.50 bits per heavy atom. The number of rotatable bonds is 4. The van der Waals surface area contributed by atoms with Gasteiger partial charge in [-0.15, -0.1) is 11.8 Å². The van der Waals surface area contributed by atoms with Crippen LogP contribution in [0.25, 0.3) is 0 Å². The minimum atomic E-state index is -3.78. The van der Waals surface area contributed by atoms with Crippen LogP contribution < -0.4 is 4.72 Å².